The minimum absolute atomic E-state index is 0.00861. The number of rotatable bonds is 6. The molecule has 2 heterocycles. The van der Waals surface area contributed by atoms with Crippen LogP contribution >= 0.6 is 0 Å². The molecule has 0 aromatic carbocycles. The van der Waals surface area contributed by atoms with Crippen LogP contribution in [0.2, 0.25) is 0 Å². The first-order chi connectivity index (χ1) is 13.7. The number of carbonyl (C=O) groups excluding carboxylic acids is 1. The van der Waals surface area contributed by atoms with Gasteiger partial charge in [0.25, 0.3) is 0 Å². The van der Waals surface area contributed by atoms with E-state index in [0.717, 1.165) is 50.2 Å². The number of carbonyl (C=O) groups is 1. The molecule has 4 aliphatic rings. The van der Waals surface area contributed by atoms with Gasteiger partial charge >= 0.3 is 5.97 Å². The maximum Gasteiger partial charge on any atom is 0.309 e. The van der Waals surface area contributed by atoms with Crippen LogP contribution in [0.5, 0.6) is 0 Å². The Kier molecular flexibility index (Phi) is 7.33. The summed E-state index contributed by atoms with van der Waals surface area (Å²) in [5, 5.41) is 0. The van der Waals surface area contributed by atoms with Gasteiger partial charge in [0, 0.05) is 6.54 Å². The standard InChI is InChI=1S/C24H41NO3/c1-2-27-24(26)20-10-12-25(13-11-20)17-22-16-21-15-19(8-9-23(21)28-22)14-18-6-4-3-5-7-18/h18-23H,2-17H2,1H3. The number of piperidine rings is 1. The normalized spacial score (nSPS) is 35.6. The van der Waals surface area contributed by atoms with Crippen LogP contribution < -0.4 is 0 Å². The van der Waals surface area contributed by atoms with E-state index < -0.39 is 0 Å². The number of nitrogens with zero attached hydrogens (tertiary/aromatic N) is 1. The average Bonchev–Trinajstić information content (AvgIpc) is 3.11. The van der Waals surface area contributed by atoms with Gasteiger partial charge in [-0.1, -0.05) is 32.1 Å². The highest BCUT2D eigenvalue weighted by atomic mass is 16.5. The summed E-state index contributed by atoms with van der Waals surface area (Å²) < 4.78 is 11.7. The van der Waals surface area contributed by atoms with Crippen LogP contribution in [-0.2, 0) is 14.3 Å². The second kappa shape index (κ2) is 9.93. The van der Waals surface area contributed by atoms with Crippen molar-refractivity contribution in [3.05, 3.63) is 0 Å². The molecule has 0 bridgehead atoms. The highest BCUT2D eigenvalue weighted by molar-refractivity contribution is 5.72. The van der Waals surface area contributed by atoms with Crippen LogP contribution in [0.1, 0.15) is 84.0 Å². The molecule has 4 atom stereocenters. The van der Waals surface area contributed by atoms with E-state index in [4.69, 9.17) is 9.47 Å². The molecule has 4 heteroatoms. The Bertz CT molecular complexity index is 496. The van der Waals surface area contributed by atoms with Crippen LogP contribution in [0.25, 0.3) is 0 Å². The zero-order valence-corrected chi connectivity index (χ0v) is 17.9. The number of esters is 1. The van der Waals surface area contributed by atoms with Crippen LogP contribution in [0, 0.1) is 23.7 Å². The molecule has 160 valence electrons. The van der Waals surface area contributed by atoms with Gasteiger partial charge < -0.3 is 14.4 Å². The van der Waals surface area contributed by atoms with E-state index in [1.165, 1.54) is 64.2 Å². The monoisotopic (exact) mass is 391 g/mol. The highest BCUT2D eigenvalue weighted by Gasteiger charge is 2.40. The lowest BCUT2D eigenvalue weighted by Crippen LogP contribution is -2.40. The maximum absolute atomic E-state index is 11.9. The van der Waals surface area contributed by atoms with E-state index in [1.807, 2.05) is 6.92 Å². The van der Waals surface area contributed by atoms with Crippen LogP contribution in [0.4, 0.5) is 0 Å². The molecule has 0 spiro atoms. The first-order valence-electron chi connectivity index (χ1n) is 12.3. The number of fused-ring (bicyclic) bond motifs is 1. The van der Waals surface area contributed by atoms with Crippen molar-refractivity contribution in [3.8, 4) is 0 Å². The lowest BCUT2D eigenvalue weighted by Gasteiger charge is -2.34. The summed E-state index contributed by atoms with van der Waals surface area (Å²) >= 11 is 0. The summed E-state index contributed by atoms with van der Waals surface area (Å²) in [6, 6.07) is 0. The Morgan fingerprint density at radius 2 is 1.75 bits per heavy atom. The van der Waals surface area contributed by atoms with Crippen LogP contribution in [0.3, 0.4) is 0 Å². The number of ether oxygens (including phenoxy) is 2. The second-order valence-electron chi connectivity index (χ2n) is 10.0. The predicted molar refractivity (Wildman–Crippen MR) is 111 cm³/mol. The van der Waals surface area contributed by atoms with E-state index in [1.54, 1.807) is 0 Å². The molecule has 2 aliphatic carbocycles. The molecule has 0 N–H and O–H groups in total. The minimum atomic E-state index is 0.00861. The van der Waals surface area contributed by atoms with Gasteiger partial charge in [0.15, 0.2) is 0 Å². The van der Waals surface area contributed by atoms with Gasteiger partial charge in [0.1, 0.15) is 0 Å². The molecule has 28 heavy (non-hydrogen) atoms. The molecule has 2 saturated heterocycles. The fraction of sp³-hybridized carbons (Fsp3) is 0.958. The Morgan fingerprint density at radius 3 is 2.50 bits per heavy atom. The van der Waals surface area contributed by atoms with Crippen LogP contribution in [-0.4, -0.2) is 49.3 Å². The first-order valence-corrected chi connectivity index (χ1v) is 12.3. The summed E-state index contributed by atoms with van der Waals surface area (Å²) in [4.78, 5) is 14.5. The van der Waals surface area contributed by atoms with Gasteiger partial charge in [0.05, 0.1) is 24.7 Å². The minimum Gasteiger partial charge on any atom is -0.466 e. The molecule has 4 unspecified atom stereocenters. The summed E-state index contributed by atoms with van der Waals surface area (Å²) in [5.74, 6) is 2.92. The van der Waals surface area contributed by atoms with Crippen LogP contribution in [0.15, 0.2) is 0 Å². The molecule has 0 aromatic heterocycles. The Morgan fingerprint density at radius 1 is 0.964 bits per heavy atom. The summed E-state index contributed by atoms with van der Waals surface area (Å²) in [6.07, 6.45) is 17.1. The van der Waals surface area contributed by atoms with Crippen molar-refractivity contribution in [1.82, 2.24) is 4.90 Å². The average molecular weight is 392 g/mol. The third-order valence-electron chi connectivity index (χ3n) is 8.01. The van der Waals surface area contributed by atoms with E-state index in [9.17, 15) is 4.79 Å². The van der Waals surface area contributed by atoms with E-state index in [-0.39, 0.29) is 11.9 Å². The SMILES string of the molecule is CCOC(=O)C1CCN(CC2CC3CC(CC4CCCCC4)CCC3O2)CC1. The first kappa shape index (κ1) is 20.7. The Balaban J connectivity index is 1.18. The molecule has 0 aromatic rings. The predicted octanol–water partition coefficient (Wildman–Crippen LogP) is 4.81. The van der Waals surface area contributed by atoms with Crippen molar-refractivity contribution in [2.24, 2.45) is 23.7 Å². The van der Waals surface area contributed by atoms with Crippen molar-refractivity contribution in [2.45, 2.75) is 96.2 Å². The molecule has 4 nitrogen and oxygen atoms in total. The Labute approximate surface area is 171 Å². The third kappa shape index (κ3) is 5.30. The molecule has 4 fully saturated rings. The van der Waals surface area contributed by atoms with Crippen molar-refractivity contribution in [3.63, 3.8) is 0 Å². The van der Waals surface area contributed by atoms with E-state index in [2.05, 4.69) is 4.90 Å². The zero-order chi connectivity index (χ0) is 19.3. The van der Waals surface area contributed by atoms with Crippen molar-refractivity contribution >= 4 is 5.97 Å². The molecule has 2 saturated carbocycles. The smallest absolute Gasteiger partial charge is 0.309 e. The number of hydrogen-bond acceptors (Lipinski definition) is 4. The summed E-state index contributed by atoms with van der Waals surface area (Å²) in [5.41, 5.74) is 0. The van der Waals surface area contributed by atoms with E-state index >= 15 is 0 Å². The fourth-order valence-corrected chi connectivity index (χ4v) is 6.53. The lowest BCUT2D eigenvalue weighted by molar-refractivity contribution is -0.149. The quantitative estimate of drug-likeness (QED) is 0.609. The zero-order valence-electron chi connectivity index (χ0n) is 17.9. The molecule has 0 amide bonds. The third-order valence-corrected chi connectivity index (χ3v) is 8.01. The van der Waals surface area contributed by atoms with Gasteiger partial charge in [-0.15, -0.1) is 0 Å². The summed E-state index contributed by atoms with van der Waals surface area (Å²) in [6.45, 7) is 5.49. The summed E-state index contributed by atoms with van der Waals surface area (Å²) in [7, 11) is 0. The highest BCUT2D eigenvalue weighted by Crippen LogP contribution is 2.43. The number of hydrogen-bond donors (Lipinski definition) is 0. The molecule has 0 radical (unpaired) electrons. The Hall–Kier alpha value is -0.610. The van der Waals surface area contributed by atoms with Gasteiger partial charge in [-0.05, 0) is 82.7 Å². The van der Waals surface area contributed by atoms with Gasteiger partial charge in [-0.25, -0.2) is 0 Å². The molecular formula is C24H41NO3. The molecular weight excluding hydrogens is 350 g/mol. The fourth-order valence-electron chi connectivity index (χ4n) is 6.53. The van der Waals surface area contributed by atoms with Gasteiger partial charge in [-0.2, -0.15) is 0 Å². The van der Waals surface area contributed by atoms with Gasteiger partial charge in [0.2, 0.25) is 0 Å². The second-order valence-corrected chi connectivity index (χ2v) is 10.0. The van der Waals surface area contributed by atoms with Crippen molar-refractivity contribution in [2.75, 3.05) is 26.2 Å². The topological polar surface area (TPSA) is 38.8 Å². The van der Waals surface area contributed by atoms with Gasteiger partial charge in [-0.3, -0.25) is 4.79 Å². The van der Waals surface area contributed by atoms with Crippen molar-refractivity contribution in [1.29, 1.82) is 0 Å². The molecule has 4 rings (SSSR count). The molecule has 2 aliphatic heterocycles. The maximum atomic E-state index is 11.9. The lowest BCUT2D eigenvalue weighted by atomic mass is 9.73. The van der Waals surface area contributed by atoms with E-state index in [0.29, 0.717) is 18.8 Å². The largest absolute Gasteiger partial charge is 0.466 e. The number of likely N-dealkylation sites (tertiary alicyclic amines) is 1. The van der Waals surface area contributed by atoms with Crippen molar-refractivity contribution < 1.29 is 14.3 Å².